The molecule has 0 aromatic carbocycles. The van der Waals surface area contributed by atoms with E-state index < -0.39 is 5.60 Å². The Morgan fingerprint density at radius 1 is 1.47 bits per heavy atom. The molecule has 0 heterocycles. The molecule has 0 radical (unpaired) electrons. The number of hydrogen-bond donors (Lipinski definition) is 1. The molecule has 1 aliphatic rings. The van der Waals surface area contributed by atoms with Gasteiger partial charge in [0, 0.05) is 0 Å². The van der Waals surface area contributed by atoms with Crippen molar-refractivity contribution >= 4 is 0 Å². The van der Waals surface area contributed by atoms with E-state index in [1.165, 1.54) is 12.0 Å². The van der Waals surface area contributed by atoms with E-state index in [2.05, 4.69) is 40.5 Å². The zero-order valence-corrected chi connectivity index (χ0v) is 11.9. The molecule has 1 heteroatoms. The minimum atomic E-state index is -1.03. The molecule has 1 unspecified atom stereocenters. The zero-order valence-electron chi connectivity index (χ0n) is 11.9. The molecule has 0 saturated heterocycles. The van der Waals surface area contributed by atoms with Crippen molar-refractivity contribution in [3.8, 4) is 12.3 Å². The largest absolute Gasteiger partial charge is 0.374 e. The third-order valence-electron chi connectivity index (χ3n) is 4.14. The molecule has 0 saturated carbocycles. The van der Waals surface area contributed by atoms with E-state index in [0.29, 0.717) is 12.3 Å². The summed E-state index contributed by atoms with van der Waals surface area (Å²) in [5.41, 5.74) is 1.54. The second-order valence-corrected chi connectivity index (χ2v) is 6.44. The summed E-state index contributed by atoms with van der Waals surface area (Å²) in [6.45, 7) is 10.8. The van der Waals surface area contributed by atoms with Crippen LogP contribution in [0.1, 0.15) is 60.3 Å². The SMILES string of the molecule is C#CC(O)(CC(C)C)C1=C(C)C(C)(C)CCC1. The van der Waals surface area contributed by atoms with E-state index in [9.17, 15) is 5.11 Å². The fraction of sp³-hybridized carbons (Fsp3) is 0.750. The topological polar surface area (TPSA) is 20.2 Å². The van der Waals surface area contributed by atoms with Gasteiger partial charge in [-0.05, 0) is 49.5 Å². The summed E-state index contributed by atoms with van der Waals surface area (Å²) in [6.07, 6.45) is 9.52. The van der Waals surface area contributed by atoms with Crippen LogP contribution in [0.4, 0.5) is 0 Å². The predicted molar refractivity (Wildman–Crippen MR) is 73.6 cm³/mol. The van der Waals surface area contributed by atoms with Crippen LogP contribution in [-0.4, -0.2) is 10.7 Å². The average molecular weight is 234 g/mol. The van der Waals surface area contributed by atoms with Crippen LogP contribution < -0.4 is 0 Å². The molecule has 1 atom stereocenters. The summed E-state index contributed by atoms with van der Waals surface area (Å²) in [5, 5.41) is 10.7. The van der Waals surface area contributed by atoms with Gasteiger partial charge in [0.25, 0.3) is 0 Å². The summed E-state index contributed by atoms with van der Waals surface area (Å²) >= 11 is 0. The molecule has 17 heavy (non-hydrogen) atoms. The lowest BCUT2D eigenvalue weighted by molar-refractivity contribution is 0.103. The maximum atomic E-state index is 10.7. The first-order valence-corrected chi connectivity index (χ1v) is 6.64. The normalized spacial score (nSPS) is 23.4. The fourth-order valence-electron chi connectivity index (χ4n) is 2.87. The summed E-state index contributed by atoms with van der Waals surface area (Å²) in [5.74, 6) is 3.05. The quantitative estimate of drug-likeness (QED) is 0.579. The van der Waals surface area contributed by atoms with Crippen LogP contribution in [0.2, 0.25) is 0 Å². The highest BCUT2D eigenvalue weighted by Crippen LogP contribution is 2.44. The molecule has 1 rings (SSSR count). The van der Waals surface area contributed by atoms with Crippen molar-refractivity contribution in [2.75, 3.05) is 0 Å². The van der Waals surface area contributed by atoms with E-state index in [4.69, 9.17) is 6.42 Å². The van der Waals surface area contributed by atoms with Gasteiger partial charge < -0.3 is 5.11 Å². The lowest BCUT2D eigenvalue weighted by Gasteiger charge is -2.39. The summed E-state index contributed by atoms with van der Waals surface area (Å²) in [6, 6.07) is 0. The van der Waals surface area contributed by atoms with Crippen LogP contribution in [0.5, 0.6) is 0 Å². The average Bonchev–Trinajstić information content (AvgIpc) is 2.21. The van der Waals surface area contributed by atoms with Crippen LogP contribution in [0.3, 0.4) is 0 Å². The van der Waals surface area contributed by atoms with Crippen molar-refractivity contribution in [3.63, 3.8) is 0 Å². The number of rotatable bonds is 3. The van der Waals surface area contributed by atoms with Crippen molar-refractivity contribution in [1.29, 1.82) is 0 Å². The zero-order chi connectivity index (χ0) is 13.3. The Balaban J connectivity index is 3.16. The summed E-state index contributed by atoms with van der Waals surface area (Å²) in [4.78, 5) is 0. The van der Waals surface area contributed by atoms with Gasteiger partial charge in [-0.2, -0.15) is 0 Å². The second kappa shape index (κ2) is 4.86. The van der Waals surface area contributed by atoms with Crippen LogP contribution in [0, 0.1) is 23.7 Å². The van der Waals surface area contributed by atoms with E-state index in [1.807, 2.05) is 0 Å². The van der Waals surface area contributed by atoms with Gasteiger partial charge in [-0.3, -0.25) is 0 Å². The third kappa shape index (κ3) is 2.93. The van der Waals surface area contributed by atoms with Crippen LogP contribution in [-0.2, 0) is 0 Å². The molecular formula is C16H26O. The predicted octanol–water partition coefficient (Wildman–Crippen LogP) is 3.92. The first kappa shape index (κ1) is 14.3. The first-order chi connectivity index (χ1) is 7.73. The minimum Gasteiger partial charge on any atom is -0.374 e. The van der Waals surface area contributed by atoms with Crippen LogP contribution in [0.25, 0.3) is 0 Å². The van der Waals surface area contributed by atoms with Gasteiger partial charge in [-0.15, -0.1) is 6.42 Å². The molecule has 0 aromatic heterocycles. The molecule has 0 bridgehead atoms. The fourth-order valence-corrected chi connectivity index (χ4v) is 2.87. The van der Waals surface area contributed by atoms with Crippen molar-refractivity contribution in [2.24, 2.45) is 11.3 Å². The maximum Gasteiger partial charge on any atom is 0.147 e. The van der Waals surface area contributed by atoms with Crippen molar-refractivity contribution < 1.29 is 5.11 Å². The minimum absolute atomic E-state index is 0.176. The lowest BCUT2D eigenvalue weighted by atomic mass is 9.68. The van der Waals surface area contributed by atoms with Gasteiger partial charge in [0.2, 0.25) is 0 Å². The van der Waals surface area contributed by atoms with Crippen molar-refractivity contribution in [3.05, 3.63) is 11.1 Å². The monoisotopic (exact) mass is 234 g/mol. The molecule has 0 aliphatic heterocycles. The Morgan fingerprint density at radius 2 is 2.06 bits per heavy atom. The van der Waals surface area contributed by atoms with Gasteiger partial charge in [0.1, 0.15) is 5.60 Å². The Morgan fingerprint density at radius 3 is 2.53 bits per heavy atom. The molecule has 1 nitrogen and oxygen atoms in total. The van der Waals surface area contributed by atoms with Crippen LogP contribution in [0.15, 0.2) is 11.1 Å². The van der Waals surface area contributed by atoms with E-state index in [-0.39, 0.29) is 5.41 Å². The Kier molecular flexibility index (Phi) is 4.10. The van der Waals surface area contributed by atoms with Gasteiger partial charge in [-0.1, -0.05) is 39.2 Å². The molecule has 0 aromatic rings. The highest BCUT2D eigenvalue weighted by Gasteiger charge is 2.37. The number of aliphatic hydroxyl groups is 1. The van der Waals surface area contributed by atoms with Gasteiger partial charge in [0.05, 0.1) is 0 Å². The van der Waals surface area contributed by atoms with Crippen molar-refractivity contribution in [2.45, 2.75) is 65.9 Å². The highest BCUT2D eigenvalue weighted by molar-refractivity contribution is 5.36. The van der Waals surface area contributed by atoms with E-state index in [1.54, 1.807) is 0 Å². The van der Waals surface area contributed by atoms with Gasteiger partial charge >= 0.3 is 0 Å². The molecular weight excluding hydrogens is 208 g/mol. The Hall–Kier alpha value is -0.740. The second-order valence-electron chi connectivity index (χ2n) is 6.44. The number of terminal acetylenes is 1. The molecule has 0 amide bonds. The highest BCUT2D eigenvalue weighted by atomic mass is 16.3. The smallest absolute Gasteiger partial charge is 0.147 e. The molecule has 1 aliphatic carbocycles. The maximum absolute atomic E-state index is 10.7. The van der Waals surface area contributed by atoms with Gasteiger partial charge in [-0.25, -0.2) is 0 Å². The van der Waals surface area contributed by atoms with E-state index >= 15 is 0 Å². The Labute approximate surface area is 106 Å². The molecule has 96 valence electrons. The summed E-state index contributed by atoms with van der Waals surface area (Å²) < 4.78 is 0. The molecule has 1 N–H and O–H groups in total. The van der Waals surface area contributed by atoms with E-state index in [0.717, 1.165) is 18.4 Å². The standard InChI is InChI=1S/C16H26O/c1-7-16(17,11-12(2)3)14-9-8-10-15(5,6)13(14)4/h1,12,17H,8-11H2,2-6H3. The summed E-state index contributed by atoms with van der Waals surface area (Å²) in [7, 11) is 0. The molecule has 0 fully saturated rings. The lowest BCUT2D eigenvalue weighted by Crippen LogP contribution is -2.36. The number of allylic oxidation sites excluding steroid dienone is 1. The third-order valence-corrected chi connectivity index (χ3v) is 4.14. The molecule has 0 spiro atoms. The number of hydrogen-bond acceptors (Lipinski definition) is 1. The Bertz CT molecular complexity index is 354. The van der Waals surface area contributed by atoms with Gasteiger partial charge in [0.15, 0.2) is 0 Å². The van der Waals surface area contributed by atoms with Crippen LogP contribution >= 0.6 is 0 Å². The van der Waals surface area contributed by atoms with Crippen molar-refractivity contribution in [1.82, 2.24) is 0 Å². The first-order valence-electron chi connectivity index (χ1n) is 6.64.